The van der Waals surface area contributed by atoms with E-state index in [1.165, 1.54) is 0 Å². The zero-order valence-corrected chi connectivity index (χ0v) is 8.43. The van der Waals surface area contributed by atoms with Gasteiger partial charge in [-0.15, -0.1) is 0 Å². The molecule has 3 heteroatoms. The van der Waals surface area contributed by atoms with Crippen LogP contribution in [0.15, 0.2) is 0 Å². The molecule has 0 aliphatic rings. The molecule has 0 bridgehead atoms. The first kappa shape index (κ1) is 11.9. The molecule has 0 aromatic rings. The van der Waals surface area contributed by atoms with Crippen LogP contribution in [0.5, 0.6) is 0 Å². The largest absolute Gasteiger partial charge is 0.395 e. The molecule has 3 nitrogen and oxygen atoms in total. The lowest BCUT2D eigenvalue weighted by Gasteiger charge is -2.18. The fourth-order valence-corrected chi connectivity index (χ4v) is 0.815. The van der Waals surface area contributed by atoms with Crippen molar-refractivity contribution in [1.29, 1.82) is 0 Å². The zero-order valence-electron chi connectivity index (χ0n) is 8.43. The minimum Gasteiger partial charge on any atom is -0.395 e. The zero-order chi connectivity index (χ0) is 9.61. The maximum Gasteiger partial charge on any atom is 0.0594 e. The van der Waals surface area contributed by atoms with Gasteiger partial charge in [0, 0.05) is 12.6 Å². The van der Waals surface area contributed by atoms with Gasteiger partial charge in [-0.3, -0.25) is 0 Å². The van der Waals surface area contributed by atoms with Crippen LogP contribution in [0.1, 0.15) is 27.2 Å². The normalized spacial score (nSPS) is 14.8. The highest BCUT2D eigenvalue weighted by atomic mass is 16.3. The van der Waals surface area contributed by atoms with Gasteiger partial charge >= 0.3 is 0 Å². The van der Waals surface area contributed by atoms with Crippen molar-refractivity contribution in [3.63, 3.8) is 0 Å². The average Bonchev–Trinajstić information content (AvgIpc) is 1.96. The van der Waals surface area contributed by atoms with Crippen molar-refractivity contribution < 1.29 is 5.11 Å². The fourth-order valence-electron chi connectivity index (χ4n) is 0.815. The lowest BCUT2D eigenvalue weighted by molar-refractivity contribution is 0.260. The molecular formula is C9H22N2O. The number of aliphatic hydroxyl groups is 1. The second-order valence-corrected chi connectivity index (χ2v) is 4.46. The minimum atomic E-state index is -0.120. The van der Waals surface area contributed by atoms with E-state index in [9.17, 15) is 0 Å². The van der Waals surface area contributed by atoms with Crippen molar-refractivity contribution in [2.75, 3.05) is 19.7 Å². The number of aliphatic hydroxyl groups excluding tert-OH is 1. The smallest absolute Gasteiger partial charge is 0.0594 e. The quantitative estimate of drug-likeness (QED) is 0.526. The molecule has 0 rings (SSSR count). The van der Waals surface area contributed by atoms with Gasteiger partial charge in [0.05, 0.1) is 6.61 Å². The maximum absolute atomic E-state index is 8.63. The molecule has 0 fully saturated rings. The van der Waals surface area contributed by atoms with Crippen molar-refractivity contribution >= 4 is 0 Å². The van der Waals surface area contributed by atoms with Gasteiger partial charge < -0.3 is 16.2 Å². The Morgan fingerprint density at radius 3 is 2.42 bits per heavy atom. The van der Waals surface area contributed by atoms with Gasteiger partial charge in [-0.25, -0.2) is 0 Å². The number of hydrogen-bond donors (Lipinski definition) is 3. The van der Waals surface area contributed by atoms with Gasteiger partial charge in [-0.1, -0.05) is 20.8 Å². The predicted molar refractivity (Wildman–Crippen MR) is 52.0 cm³/mol. The van der Waals surface area contributed by atoms with Crippen LogP contribution in [0.4, 0.5) is 0 Å². The first-order valence-electron chi connectivity index (χ1n) is 4.53. The summed E-state index contributed by atoms with van der Waals surface area (Å²) in [5.41, 5.74) is 5.88. The van der Waals surface area contributed by atoms with Crippen molar-refractivity contribution in [3.8, 4) is 0 Å². The Labute approximate surface area is 75.3 Å². The van der Waals surface area contributed by atoms with Crippen LogP contribution in [0.2, 0.25) is 0 Å². The summed E-state index contributed by atoms with van der Waals surface area (Å²) in [6, 6.07) is -0.120. The van der Waals surface area contributed by atoms with Crippen molar-refractivity contribution in [1.82, 2.24) is 5.32 Å². The Hall–Kier alpha value is -0.120. The molecule has 0 amide bonds. The van der Waals surface area contributed by atoms with E-state index in [1.807, 2.05) is 0 Å². The molecule has 0 unspecified atom stereocenters. The monoisotopic (exact) mass is 174 g/mol. The van der Waals surface area contributed by atoms with Crippen molar-refractivity contribution in [3.05, 3.63) is 0 Å². The van der Waals surface area contributed by atoms with Gasteiger partial charge in [-0.05, 0) is 18.4 Å². The minimum absolute atomic E-state index is 0.0581. The van der Waals surface area contributed by atoms with E-state index >= 15 is 0 Å². The lowest BCUT2D eigenvalue weighted by atomic mass is 9.92. The molecule has 0 aliphatic carbocycles. The Morgan fingerprint density at radius 2 is 2.00 bits per heavy atom. The van der Waals surface area contributed by atoms with E-state index in [2.05, 4.69) is 26.1 Å². The Balaban J connectivity index is 3.22. The molecule has 74 valence electrons. The summed E-state index contributed by atoms with van der Waals surface area (Å²) in [6.45, 7) is 8.36. The molecule has 1 atom stereocenters. The molecular weight excluding hydrogens is 152 g/mol. The fraction of sp³-hybridized carbons (Fsp3) is 1.00. The predicted octanol–water partition coefficient (Wildman–Crippen LogP) is 0.332. The number of nitrogens with two attached hydrogens (primary N) is 1. The summed E-state index contributed by atoms with van der Waals surface area (Å²) in [5, 5.41) is 11.8. The summed E-state index contributed by atoms with van der Waals surface area (Å²) in [5.74, 6) is 0. The highest BCUT2D eigenvalue weighted by Gasteiger charge is 2.09. The van der Waals surface area contributed by atoms with Crippen molar-refractivity contribution in [2.45, 2.75) is 33.2 Å². The lowest BCUT2D eigenvalue weighted by Crippen LogP contribution is -2.37. The van der Waals surface area contributed by atoms with Gasteiger partial charge in [0.1, 0.15) is 0 Å². The summed E-state index contributed by atoms with van der Waals surface area (Å²) in [6.07, 6.45) is 1.13. The standard InChI is InChI=1S/C9H22N2O/c1-9(2,3)4-5-11-6-8(10)7-12/h8,11-12H,4-7,10H2,1-3H3/t8-/m1/s1. The molecule has 0 aromatic heterocycles. The summed E-state index contributed by atoms with van der Waals surface area (Å²) >= 11 is 0. The van der Waals surface area contributed by atoms with Crippen LogP contribution in [0.3, 0.4) is 0 Å². The van der Waals surface area contributed by atoms with Crippen LogP contribution >= 0.6 is 0 Å². The average molecular weight is 174 g/mol. The molecule has 0 spiro atoms. The van der Waals surface area contributed by atoms with Crippen LogP contribution in [0, 0.1) is 5.41 Å². The Kier molecular flexibility index (Phi) is 5.46. The Morgan fingerprint density at radius 1 is 1.42 bits per heavy atom. The van der Waals surface area contributed by atoms with Crippen LogP contribution in [-0.4, -0.2) is 30.8 Å². The van der Waals surface area contributed by atoms with E-state index in [0.29, 0.717) is 12.0 Å². The third kappa shape index (κ3) is 7.98. The second-order valence-electron chi connectivity index (χ2n) is 4.46. The molecule has 4 N–H and O–H groups in total. The van der Waals surface area contributed by atoms with E-state index in [1.54, 1.807) is 0 Å². The molecule has 0 aliphatic heterocycles. The molecule has 0 radical (unpaired) electrons. The first-order valence-corrected chi connectivity index (χ1v) is 4.53. The number of hydrogen-bond acceptors (Lipinski definition) is 3. The molecule has 0 heterocycles. The molecule has 0 saturated carbocycles. The number of rotatable bonds is 5. The van der Waals surface area contributed by atoms with Crippen molar-refractivity contribution in [2.24, 2.45) is 11.1 Å². The molecule has 12 heavy (non-hydrogen) atoms. The van der Waals surface area contributed by atoms with Gasteiger partial charge in [0.25, 0.3) is 0 Å². The molecule has 0 saturated heterocycles. The highest BCUT2D eigenvalue weighted by Crippen LogP contribution is 2.16. The maximum atomic E-state index is 8.63. The summed E-state index contributed by atoms with van der Waals surface area (Å²) < 4.78 is 0. The van der Waals surface area contributed by atoms with Crippen LogP contribution < -0.4 is 11.1 Å². The number of nitrogens with one attached hydrogen (secondary N) is 1. The van der Waals surface area contributed by atoms with Gasteiger partial charge in [-0.2, -0.15) is 0 Å². The third-order valence-corrected chi connectivity index (χ3v) is 1.69. The van der Waals surface area contributed by atoms with E-state index in [4.69, 9.17) is 10.8 Å². The Bertz CT molecular complexity index is 110. The SMILES string of the molecule is CC(C)(C)CCNC[C@@H](N)CO. The van der Waals surface area contributed by atoms with Crippen LogP contribution in [-0.2, 0) is 0 Å². The summed E-state index contributed by atoms with van der Waals surface area (Å²) in [7, 11) is 0. The topological polar surface area (TPSA) is 58.3 Å². The second kappa shape index (κ2) is 5.51. The summed E-state index contributed by atoms with van der Waals surface area (Å²) in [4.78, 5) is 0. The van der Waals surface area contributed by atoms with Crippen LogP contribution in [0.25, 0.3) is 0 Å². The van der Waals surface area contributed by atoms with Gasteiger partial charge in [0.15, 0.2) is 0 Å². The third-order valence-electron chi connectivity index (χ3n) is 1.69. The van der Waals surface area contributed by atoms with Gasteiger partial charge in [0.2, 0.25) is 0 Å². The van der Waals surface area contributed by atoms with E-state index in [0.717, 1.165) is 13.0 Å². The van der Waals surface area contributed by atoms with E-state index in [-0.39, 0.29) is 12.6 Å². The molecule has 0 aromatic carbocycles. The highest BCUT2D eigenvalue weighted by molar-refractivity contribution is 4.66. The van der Waals surface area contributed by atoms with E-state index < -0.39 is 0 Å². The first-order chi connectivity index (χ1) is 5.45.